The van der Waals surface area contributed by atoms with Crippen molar-refractivity contribution in [3.63, 3.8) is 0 Å². The van der Waals surface area contributed by atoms with Crippen molar-refractivity contribution in [1.82, 2.24) is 0 Å². The molecule has 2 fully saturated rings. The lowest BCUT2D eigenvalue weighted by Gasteiger charge is -2.38. The van der Waals surface area contributed by atoms with Crippen LogP contribution in [-0.4, -0.2) is 55.1 Å². The number of nitrogens with zero attached hydrogens (tertiary/aromatic N) is 4. The van der Waals surface area contributed by atoms with E-state index in [1.165, 1.54) is 0 Å². The van der Waals surface area contributed by atoms with Gasteiger partial charge in [-0.15, -0.1) is 0 Å². The Morgan fingerprint density at radius 1 is 0.442 bits per heavy atom. The summed E-state index contributed by atoms with van der Waals surface area (Å²) in [5, 5.41) is 0. The molecule has 386 valence electrons. The summed E-state index contributed by atoms with van der Waals surface area (Å²) in [7, 11) is 0. The highest BCUT2D eigenvalue weighted by Crippen LogP contribution is 2.56. The summed E-state index contributed by atoms with van der Waals surface area (Å²) in [5.41, 5.74) is -3.24. The molecule has 2 heterocycles. The van der Waals surface area contributed by atoms with Gasteiger partial charge in [0.25, 0.3) is 11.8 Å². The number of aryl methyl sites for hydroxylation is 2. The molecule has 0 bridgehead atoms. The first kappa shape index (κ1) is 51.0. The van der Waals surface area contributed by atoms with Gasteiger partial charge in [-0.25, -0.2) is 19.4 Å². The van der Waals surface area contributed by atoms with Crippen molar-refractivity contribution in [2.24, 2.45) is 0 Å². The maximum atomic E-state index is 15.2. The zero-order valence-corrected chi connectivity index (χ0v) is 40.8. The summed E-state index contributed by atoms with van der Waals surface area (Å²) in [4.78, 5) is 71.0. The van der Waals surface area contributed by atoms with E-state index in [4.69, 9.17) is 9.47 Å². The van der Waals surface area contributed by atoms with Crippen molar-refractivity contribution in [3.05, 3.63) is 228 Å². The number of alkyl halides is 6. The van der Waals surface area contributed by atoms with Gasteiger partial charge >= 0.3 is 24.4 Å². The monoisotopic (exact) mass is 1040 g/mol. The zero-order chi connectivity index (χ0) is 54.4. The normalized spacial score (nSPS) is 14.2. The first-order valence-electron chi connectivity index (χ1n) is 23.9. The topological polar surface area (TPSA) is 117 Å². The molecule has 2 saturated heterocycles. The van der Waals surface area contributed by atoms with Crippen LogP contribution in [0.25, 0.3) is 11.1 Å². The Kier molecular flexibility index (Phi) is 13.2. The summed E-state index contributed by atoms with van der Waals surface area (Å²) in [5.74, 6) is 0.658. The molecule has 0 aliphatic carbocycles. The van der Waals surface area contributed by atoms with Gasteiger partial charge in [0.05, 0.1) is 11.4 Å². The third-order valence-electron chi connectivity index (χ3n) is 13.4. The van der Waals surface area contributed by atoms with Crippen LogP contribution in [0.2, 0.25) is 0 Å². The average Bonchev–Trinajstić information content (AvgIpc) is 3.94. The van der Waals surface area contributed by atoms with E-state index in [0.717, 1.165) is 45.2 Å². The van der Waals surface area contributed by atoms with Crippen molar-refractivity contribution in [3.8, 4) is 34.1 Å². The van der Waals surface area contributed by atoms with Gasteiger partial charge in [0.2, 0.25) is 5.41 Å². The second kappa shape index (κ2) is 20.0. The van der Waals surface area contributed by atoms with E-state index in [2.05, 4.69) is 0 Å². The standard InChI is InChI=1S/C60H42F6N4O7/c1-37-8-20-44(21-9-37)67-35-53(71)69(56(67)74)46-24-16-42(17-25-46)58(59(61,62)63,60(64,65)66)43-18-26-47(27-19-43)70-54(72)36-68(57(70)75)45-22-12-39(13-23-45)41-11-10-38(2)52(34-41)55(73)40-14-28-49(29-15-40)77-51-32-30-50(31-33-51)76-48-6-4-3-5-7-48/h3-34H,35-36H2,1-2H3. The molecule has 0 atom stereocenters. The summed E-state index contributed by atoms with van der Waals surface area (Å²) < 4.78 is 103. The van der Waals surface area contributed by atoms with Crippen LogP contribution < -0.4 is 29.1 Å². The number of halogens is 6. The van der Waals surface area contributed by atoms with Crippen LogP contribution in [0.4, 0.5) is 58.7 Å². The number of para-hydroxylation sites is 1. The number of urea groups is 2. The van der Waals surface area contributed by atoms with Gasteiger partial charge < -0.3 is 9.47 Å². The van der Waals surface area contributed by atoms with Gasteiger partial charge in [0.15, 0.2) is 5.78 Å². The molecular weight excluding hydrogens is 1000 g/mol. The third kappa shape index (κ3) is 9.63. The van der Waals surface area contributed by atoms with Crippen LogP contribution in [0, 0.1) is 13.8 Å². The minimum Gasteiger partial charge on any atom is -0.457 e. The number of imide groups is 2. The second-order valence-electron chi connectivity index (χ2n) is 18.3. The zero-order valence-electron chi connectivity index (χ0n) is 40.8. The van der Waals surface area contributed by atoms with Crippen molar-refractivity contribution in [1.29, 1.82) is 0 Å². The van der Waals surface area contributed by atoms with Gasteiger partial charge in [0.1, 0.15) is 36.1 Å². The number of carbonyl (C=O) groups is 5. The second-order valence-corrected chi connectivity index (χ2v) is 18.3. The molecule has 11 nitrogen and oxygen atoms in total. The van der Waals surface area contributed by atoms with E-state index < -0.39 is 65.9 Å². The number of carbonyl (C=O) groups excluding carboxylic acids is 5. The number of rotatable bonds is 13. The van der Waals surface area contributed by atoms with Crippen LogP contribution in [0.5, 0.6) is 23.0 Å². The lowest BCUT2D eigenvalue weighted by molar-refractivity contribution is -0.288. The predicted octanol–water partition coefficient (Wildman–Crippen LogP) is 14.1. The van der Waals surface area contributed by atoms with E-state index in [1.807, 2.05) is 50.2 Å². The average molecular weight is 1050 g/mol. The molecule has 8 aromatic carbocycles. The minimum absolute atomic E-state index is 0.234. The Bertz CT molecular complexity index is 3540. The van der Waals surface area contributed by atoms with Gasteiger partial charge in [-0.1, -0.05) is 84.4 Å². The Morgan fingerprint density at radius 2 is 0.831 bits per heavy atom. The maximum Gasteiger partial charge on any atom is 0.411 e. The van der Waals surface area contributed by atoms with E-state index in [1.54, 1.807) is 109 Å². The highest BCUT2D eigenvalue weighted by molar-refractivity contribution is 6.27. The fourth-order valence-electron chi connectivity index (χ4n) is 9.39. The number of anilines is 4. The Balaban J connectivity index is 0.824. The molecule has 0 radical (unpaired) electrons. The molecular formula is C60H42F6N4O7. The molecule has 10 rings (SSSR count). The fraction of sp³-hybridized carbons (Fsp3) is 0.117. The van der Waals surface area contributed by atoms with E-state index in [-0.39, 0.29) is 22.8 Å². The highest BCUT2D eigenvalue weighted by atomic mass is 19.4. The lowest BCUT2D eigenvalue weighted by Crippen LogP contribution is -2.54. The van der Waals surface area contributed by atoms with Crippen molar-refractivity contribution in [2.75, 3.05) is 32.7 Å². The molecule has 17 heteroatoms. The number of amides is 6. The molecule has 77 heavy (non-hydrogen) atoms. The number of ketones is 1. The molecule has 0 unspecified atom stereocenters. The Morgan fingerprint density at radius 3 is 1.27 bits per heavy atom. The van der Waals surface area contributed by atoms with Crippen LogP contribution >= 0.6 is 0 Å². The molecule has 2 aliphatic rings. The molecule has 0 N–H and O–H groups in total. The third-order valence-corrected chi connectivity index (χ3v) is 13.4. The van der Waals surface area contributed by atoms with Crippen molar-refractivity contribution >= 4 is 52.4 Å². The largest absolute Gasteiger partial charge is 0.457 e. The molecule has 0 aromatic heterocycles. The summed E-state index contributed by atoms with van der Waals surface area (Å²) in [6.07, 6.45) is -12.0. The van der Waals surface area contributed by atoms with Gasteiger partial charge in [-0.05, 0) is 157 Å². The number of hydrogen-bond acceptors (Lipinski definition) is 7. The van der Waals surface area contributed by atoms with Crippen molar-refractivity contribution in [2.45, 2.75) is 31.6 Å². The Hall–Kier alpha value is -9.51. The van der Waals surface area contributed by atoms with E-state index in [9.17, 15) is 24.0 Å². The fourth-order valence-corrected chi connectivity index (χ4v) is 9.39. The smallest absolute Gasteiger partial charge is 0.411 e. The number of benzene rings is 8. The van der Waals surface area contributed by atoms with Crippen LogP contribution in [0.3, 0.4) is 0 Å². The predicted molar refractivity (Wildman–Crippen MR) is 277 cm³/mol. The quantitative estimate of drug-likeness (QED) is 0.0641. The van der Waals surface area contributed by atoms with E-state index in [0.29, 0.717) is 85.0 Å². The summed E-state index contributed by atoms with van der Waals surface area (Å²) in [6.45, 7) is 2.73. The van der Waals surface area contributed by atoms with Crippen LogP contribution in [-0.2, 0) is 15.0 Å². The Labute approximate surface area is 436 Å². The summed E-state index contributed by atoms with van der Waals surface area (Å²) in [6, 6.07) is 45.6. The van der Waals surface area contributed by atoms with Gasteiger partial charge in [-0.3, -0.25) is 24.2 Å². The molecule has 2 aliphatic heterocycles. The first-order valence-corrected chi connectivity index (χ1v) is 23.9. The maximum absolute atomic E-state index is 15.2. The minimum atomic E-state index is -5.99. The molecule has 0 spiro atoms. The number of hydrogen-bond donors (Lipinski definition) is 0. The summed E-state index contributed by atoms with van der Waals surface area (Å²) >= 11 is 0. The molecule has 8 aromatic rings. The molecule has 6 amide bonds. The van der Waals surface area contributed by atoms with Gasteiger partial charge in [0, 0.05) is 22.5 Å². The van der Waals surface area contributed by atoms with Crippen LogP contribution in [0.15, 0.2) is 194 Å². The SMILES string of the molecule is Cc1ccc(N2CC(=O)N(c3ccc(C(c4ccc(N5C(=O)CN(c6ccc(-c7ccc(C)c(C(=O)c8ccc(Oc9ccc(Oc%10ccccc%10)cc9)cc8)c7)cc6)C5=O)cc4)(C(F)(F)F)C(F)(F)F)cc3)C2=O)cc1. The van der Waals surface area contributed by atoms with Crippen molar-refractivity contribution < 1.29 is 59.8 Å². The molecule has 0 saturated carbocycles. The van der Waals surface area contributed by atoms with Crippen LogP contribution in [0.1, 0.15) is 38.2 Å². The first-order chi connectivity index (χ1) is 36.8. The van der Waals surface area contributed by atoms with E-state index >= 15 is 26.3 Å². The van der Waals surface area contributed by atoms with Gasteiger partial charge in [-0.2, -0.15) is 26.3 Å². The highest BCUT2D eigenvalue weighted by Gasteiger charge is 2.72. The number of ether oxygens (including phenoxy) is 2. The lowest BCUT2D eigenvalue weighted by atomic mass is 9.73.